The van der Waals surface area contributed by atoms with Crippen molar-refractivity contribution in [3.63, 3.8) is 0 Å². The monoisotopic (exact) mass is 200 g/mol. The summed E-state index contributed by atoms with van der Waals surface area (Å²) in [6.45, 7) is 8.30. The lowest BCUT2D eigenvalue weighted by Crippen LogP contribution is -2.45. The normalized spacial score (nSPS) is 22.5. The Hall–Kier alpha value is -0.120. The first-order chi connectivity index (χ1) is 6.76. The summed E-state index contributed by atoms with van der Waals surface area (Å²) < 4.78 is 0. The van der Waals surface area contributed by atoms with Crippen molar-refractivity contribution in [1.29, 1.82) is 0 Å². The number of aliphatic hydroxyl groups is 1. The van der Waals surface area contributed by atoms with Crippen LogP contribution in [0.1, 0.15) is 33.1 Å². The van der Waals surface area contributed by atoms with E-state index in [4.69, 9.17) is 5.11 Å². The first kappa shape index (κ1) is 12.0. The van der Waals surface area contributed by atoms with Gasteiger partial charge in [-0.25, -0.2) is 0 Å². The van der Waals surface area contributed by atoms with Crippen LogP contribution in [0.15, 0.2) is 0 Å². The molecule has 0 radical (unpaired) electrons. The summed E-state index contributed by atoms with van der Waals surface area (Å²) >= 11 is 0. The number of hydrogen-bond donors (Lipinski definition) is 2. The Morgan fingerprint density at radius 3 is 2.57 bits per heavy atom. The van der Waals surface area contributed by atoms with Crippen LogP contribution in [-0.4, -0.2) is 48.3 Å². The topological polar surface area (TPSA) is 35.5 Å². The van der Waals surface area contributed by atoms with Crippen LogP contribution in [0.2, 0.25) is 0 Å². The van der Waals surface area contributed by atoms with E-state index < -0.39 is 0 Å². The van der Waals surface area contributed by atoms with Crippen LogP contribution >= 0.6 is 0 Å². The van der Waals surface area contributed by atoms with Crippen LogP contribution in [0.3, 0.4) is 0 Å². The molecule has 0 amide bonds. The van der Waals surface area contributed by atoms with Gasteiger partial charge in [0.1, 0.15) is 0 Å². The summed E-state index contributed by atoms with van der Waals surface area (Å²) in [6, 6.07) is 1.12. The zero-order chi connectivity index (χ0) is 10.4. The van der Waals surface area contributed by atoms with E-state index in [0.717, 1.165) is 6.42 Å². The lowest BCUT2D eigenvalue weighted by Gasteiger charge is -2.33. The predicted octanol–water partition coefficient (Wildman–Crippen LogP) is 0.831. The van der Waals surface area contributed by atoms with Gasteiger partial charge in [0, 0.05) is 18.7 Å². The number of likely N-dealkylation sites (tertiary alicyclic amines) is 1. The van der Waals surface area contributed by atoms with Crippen LogP contribution in [0.4, 0.5) is 0 Å². The molecular formula is C11H24N2O. The molecule has 84 valence electrons. The summed E-state index contributed by atoms with van der Waals surface area (Å²) in [6.07, 6.45) is 3.38. The van der Waals surface area contributed by atoms with Gasteiger partial charge in [0.15, 0.2) is 0 Å². The SMILES string of the molecule is CCN1CCC(N[C@H](C)CCO)CC1. The lowest BCUT2D eigenvalue weighted by atomic mass is 10.0. The van der Waals surface area contributed by atoms with Crippen molar-refractivity contribution in [1.82, 2.24) is 10.2 Å². The van der Waals surface area contributed by atoms with Gasteiger partial charge >= 0.3 is 0 Å². The van der Waals surface area contributed by atoms with Crippen molar-refractivity contribution < 1.29 is 5.11 Å². The van der Waals surface area contributed by atoms with Crippen molar-refractivity contribution in [3.05, 3.63) is 0 Å². The van der Waals surface area contributed by atoms with Crippen LogP contribution < -0.4 is 5.32 Å². The maximum absolute atomic E-state index is 8.80. The zero-order valence-electron chi connectivity index (χ0n) is 9.50. The molecule has 2 N–H and O–H groups in total. The van der Waals surface area contributed by atoms with Crippen molar-refractivity contribution in [2.45, 2.75) is 45.2 Å². The Bertz CT molecular complexity index is 144. The van der Waals surface area contributed by atoms with Gasteiger partial charge in [-0.15, -0.1) is 0 Å². The molecule has 0 unspecified atom stereocenters. The van der Waals surface area contributed by atoms with Crippen LogP contribution in [-0.2, 0) is 0 Å². The van der Waals surface area contributed by atoms with Gasteiger partial charge in [0.25, 0.3) is 0 Å². The van der Waals surface area contributed by atoms with Crippen LogP contribution in [0, 0.1) is 0 Å². The summed E-state index contributed by atoms with van der Waals surface area (Å²) in [5.41, 5.74) is 0. The van der Waals surface area contributed by atoms with Crippen LogP contribution in [0.5, 0.6) is 0 Å². The molecule has 0 saturated carbocycles. The Balaban J connectivity index is 2.15. The average Bonchev–Trinajstić information content (AvgIpc) is 2.19. The fourth-order valence-corrected chi connectivity index (χ4v) is 2.10. The van der Waals surface area contributed by atoms with Gasteiger partial charge in [-0.1, -0.05) is 6.92 Å². The maximum atomic E-state index is 8.80. The number of hydrogen-bond acceptors (Lipinski definition) is 3. The average molecular weight is 200 g/mol. The molecule has 0 aromatic heterocycles. The minimum Gasteiger partial charge on any atom is -0.396 e. The number of rotatable bonds is 5. The molecule has 1 aliphatic heterocycles. The van der Waals surface area contributed by atoms with Gasteiger partial charge in [-0.05, 0) is 45.8 Å². The summed E-state index contributed by atoms with van der Waals surface area (Å²) in [4.78, 5) is 2.49. The number of aliphatic hydroxyl groups excluding tert-OH is 1. The number of piperidine rings is 1. The fraction of sp³-hybridized carbons (Fsp3) is 1.00. The minimum atomic E-state index is 0.294. The van der Waals surface area contributed by atoms with E-state index in [1.54, 1.807) is 0 Å². The Kier molecular flexibility index (Phi) is 5.45. The molecule has 1 aliphatic rings. The first-order valence-corrected chi connectivity index (χ1v) is 5.85. The number of nitrogens with one attached hydrogen (secondary N) is 1. The molecule has 0 aromatic rings. The molecule has 0 aromatic carbocycles. The van der Waals surface area contributed by atoms with E-state index in [0.29, 0.717) is 18.7 Å². The van der Waals surface area contributed by atoms with E-state index in [1.807, 2.05) is 0 Å². The second-order valence-corrected chi connectivity index (χ2v) is 4.29. The molecule has 14 heavy (non-hydrogen) atoms. The van der Waals surface area contributed by atoms with E-state index >= 15 is 0 Å². The fourth-order valence-electron chi connectivity index (χ4n) is 2.10. The van der Waals surface area contributed by atoms with E-state index in [9.17, 15) is 0 Å². The van der Waals surface area contributed by atoms with Gasteiger partial charge < -0.3 is 15.3 Å². The highest BCUT2D eigenvalue weighted by Gasteiger charge is 2.18. The molecule has 0 aliphatic carbocycles. The summed E-state index contributed by atoms with van der Waals surface area (Å²) in [5.74, 6) is 0. The first-order valence-electron chi connectivity index (χ1n) is 5.85. The standard InChI is InChI=1S/C11H24N2O/c1-3-13-7-4-11(5-8-13)12-10(2)6-9-14/h10-12,14H,3-9H2,1-2H3/t10-/m1/s1. The van der Waals surface area contributed by atoms with Crippen molar-refractivity contribution in [2.75, 3.05) is 26.2 Å². The Labute approximate surface area is 87.5 Å². The summed E-state index contributed by atoms with van der Waals surface area (Å²) in [7, 11) is 0. The number of nitrogens with zero attached hydrogens (tertiary/aromatic N) is 1. The molecule has 1 rings (SSSR count). The lowest BCUT2D eigenvalue weighted by molar-refractivity contribution is 0.192. The molecule has 1 fully saturated rings. The van der Waals surface area contributed by atoms with E-state index in [-0.39, 0.29) is 0 Å². The summed E-state index contributed by atoms with van der Waals surface area (Å²) in [5, 5.41) is 12.4. The molecule has 3 heteroatoms. The van der Waals surface area contributed by atoms with Gasteiger partial charge in [0.2, 0.25) is 0 Å². The van der Waals surface area contributed by atoms with Crippen molar-refractivity contribution in [3.8, 4) is 0 Å². The molecule has 3 nitrogen and oxygen atoms in total. The third-order valence-electron chi connectivity index (χ3n) is 3.12. The predicted molar refractivity (Wildman–Crippen MR) is 59.4 cm³/mol. The third kappa shape index (κ3) is 3.95. The second-order valence-electron chi connectivity index (χ2n) is 4.29. The molecular weight excluding hydrogens is 176 g/mol. The van der Waals surface area contributed by atoms with Crippen molar-refractivity contribution >= 4 is 0 Å². The highest BCUT2D eigenvalue weighted by atomic mass is 16.3. The van der Waals surface area contributed by atoms with Crippen LogP contribution in [0.25, 0.3) is 0 Å². The van der Waals surface area contributed by atoms with Gasteiger partial charge in [-0.3, -0.25) is 0 Å². The third-order valence-corrected chi connectivity index (χ3v) is 3.12. The maximum Gasteiger partial charge on any atom is 0.0445 e. The Morgan fingerprint density at radius 2 is 2.07 bits per heavy atom. The van der Waals surface area contributed by atoms with E-state index in [1.165, 1.54) is 32.5 Å². The van der Waals surface area contributed by atoms with Crippen molar-refractivity contribution in [2.24, 2.45) is 0 Å². The Morgan fingerprint density at radius 1 is 1.43 bits per heavy atom. The largest absolute Gasteiger partial charge is 0.396 e. The van der Waals surface area contributed by atoms with Gasteiger partial charge in [0.05, 0.1) is 0 Å². The quantitative estimate of drug-likeness (QED) is 0.690. The molecule has 0 spiro atoms. The smallest absolute Gasteiger partial charge is 0.0445 e. The molecule has 1 atom stereocenters. The minimum absolute atomic E-state index is 0.294. The highest BCUT2D eigenvalue weighted by Crippen LogP contribution is 2.10. The van der Waals surface area contributed by atoms with Gasteiger partial charge in [-0.2, -0.15) is 0 Å². The molecule has 1 saturated heterocycles. The molecule has 0 bridgehead atoms. The zero-order valence-corrected chi connectivity index (χ0v) is 9.50. The second kappa shape index (κ2) is 6.38. The van der Waals surface area contributed by atoms with E-state index in [2.05, 4.69) is 24.1 Å². The molecule has 1 heterocycles. The highest BCUT2D eigenvalue weighted by molar-refractivity contribution is 4.78.